The van der Waals surface area contributed by atoms with Crippen molar-refractivity contribution in [3.05, 3.63) is 97.7 Å². The molecule has 0 amide bonds. The van der Waals surface area contributed by atoms with Crippen LogP contribution in [0.15, 0.2) is 66.4 Å². The molecule has 7 heteroatoms. The van der Waals surface area contributed by atoms with E-state index >= 15 is 0 Å². The van der Waals surface area contributed by atoms with Crippen LogP contribution in [0.3, 0.4) is 0 Å². The van der Waals surface area contributed by atoms with Gasteiger partial charge in [0.2, 0.25) is 0 Å². The lowest BCUT2D eigenvalue weighted by molar-refractivity contribution is -0.393. The standard InChI is InChI=1S/C22H17N3O4/c1-2-23-16(12-11-15-7-3-6-10-20(15)23)13-19-17-8-4-5-9-18(17)21(24(26)27)14-22(19)25(28)29/h3-14H,2H2,1H3/b16-13+. The molecule has 0 saturated carbocycles. The summed E-state index contributed by atoms with van der Waals surface area (Å²) in [5.74, 6) is 0. The number of likely N-dealkylation sites (N-methyl/N-ethyl adjacent to an activating group) is 1. The van der Waals surface area contributed by atoms with Crippen LogP contribution in [0.5, 0.6) is 0 Å². The first-order valence-electron chi connectivity index (χ1n) is 9.12. The molecule has 4 rings (SSSR count). The quantitative estimate of drug-likeness (QED) is 0.432. The number of nitrogens with zero attached hydrogens (tertiary/aromatic N) is 3. The van der Waals surface area contributed by atoms with Crippen LogP contribution in [0, 0.1) is 20.2 Å². The number of rotatable bonds is 4. The van der Waals surface area contributed by atoms with Gasteiger partial charge in [0.05, 0.1) is 26.9 Å². The van der Waals surface area contributed by atoms with E-state index in [0.717, 1.165) is 23.0 Å². The molecule has 144 valence electrons. The fourth-order valence-electron chi connectivity index (χ4n) is 3.72. The maximum absolute atomic E-state index is 11.8. The van der Waals surface area contributed by atoms with Crippen molar-refractivity contribution in [2.24, 2.45) is 0 Å². The lowest BCUT2D eigenvalue weighted by Gasteiger charge is -2.29. The largest absolute Gasteiger partial charge is 0.341 e. The fourth-order valence-corrected chi connectivity index (χ4v) is 3.72. The second kappa shape index (κ2) is 7.20. The maximum Gasteiger partial charge on any atom is 0.284 e. The van der Waals surface area contributed by atoms with E-state index in [2.05, 4.69) is 4.90 Å². The van der Waals surface area contributed by atoms with E-state index in [9.17, 15) is 20.2 Å². The Morgan fingerprint density at radius 3 is 2.24 bits per heavy atom. The van der Waals surface area contributed by atoms with Gasteiger partial charge in [-0.3, -0.25) is 20.2 Å². The molecule has 29 heavy (non-hydrogen) atoms. The first-order chi connectivity index (χ1) is 14.0. The molecular formula is C22H17N3O4. The van der Waals surface area contributed by atoms with Crippen LogP contribution in [-0.2, 0) is 0 Å². The van der Waals surface area contributed by atoms with Crippen molar-refractivity contribution in [1.82, 2.24) is 0 Å². The summed E-state index contributed by atoms with van der Waals surface area (Å²) in [6.45, 7) is 2.68. The van der Waals surface area contributed by atoms with Gasteiger partial charge in [-0.2, -0.15) is 0 Å². The highest BCUT2D eigenvalue weighted by Gasteiger charge is 2.25. The van der Waals surface area contributed by atoms with Crippen molar-refractivity contribution in [2.75, 3.05) is 11.4 Å². The van der Waals surface area contributed by atoms with Crippen molar-refractivity contribution >= 4 is 40.0 Å². The summed E-state index contributed by atoms with van der Waals surface area (Å²) in [7, 11) is 0. The Hall–Kier alpha value is -4.00. The molecule has 0 unspecified atom stereocenters. The Morgan fingerprint density at radius 1 is 0.897 bits per heavy atom. The number of nitro benzene ring substituents is 2. The second-order valence-corrected chi connectivity index (χ2v) is 6.59. The van der Waals surface area contributed by atoms with E-state index in [1.165, 1.54) is 0 Å². The van der Waals surface area contributed by atoms with Gasteiger partial charge < -0.3 is 4.90 Å². The van der Waals surface area contributed by atoms with Crippen molar-refractivity contribution in [3.8, 4) is 0 Å². The highest BCUT2D eigenvalue weighted by Crippen LogP contribution is 2.38. The summed E-state index contributed by atoms with van der Waals surface area (Å²) < 4.78 is 0. The molecule has 0 aromatic heterocycles. The van der Waals surface area contributed by atoms with Gasteiger partial charge in [0.1, 0.15) is 0 Å². The Morgan fingerprint density at radius 2 is 1.55 bits per heavy atom. The van der Waals surface area contributed by atoms with Crippen LogP contribution >= 0.6 is 0 Å². The molecule has 7 nitrogen and oxygen atoms in total. The molecule has 1 heterocycles. The topological polar surface area (TPSA) is 89.5 Å². The number of anilines is 1. The van der Waals surface area contributed by atoms with E-state index < -0.39 is 9.85 Å². The van der Waals surface area contributed by atoms with Gasteiger partial charge in [0.15, 0.2) is 0 Å². The molecule has 3 aromatic carbocycles. The summed E-state index contributed by atoms with van der Waals surface area (Å²) in [4.78, 5) is 24.1. The van der Waals surface area contributed by atoms with Crippen LogP contribution in [0.4, 0.5) is 17.1 Å². The second-order valence-electron chi connectivity index (χ2n) is 6.59. The Labute approximate surface area is 166 Å². The van der Waals surface area contributed by atoms with E-state index in [1.807, 2.05) is 43.3 Å². The third-order valence-corrected chi connectivity index (χ3v) is 5.02. The number of benzene rings is 3. The molecule has 0 aliphatic carbocycles. The van der Waals surface area contributed by atoms with Gasteiger partial charge in [-0.1, -0.05) is 42.5 Å². The predicted molar refractivity (Wildman–Crippen MR) is 114 cm³/mol. The van der Waals surface area contributed by atoms with Gasteiger partial charge in [-0.05, 0) is 36.8 Å². The summed E-state index contributed by atoms with van der Waals surface area (Å²) in [5, 5.41) is 24.1. The Bertz CT molecular complexity index is 1210. The summed E-state index contributed by atoms with van der Waals surface area (Å²) >= 11 is 0. The van der Waals surface area contributed by atoms with Crippen molar-refractivity contribution in [1.29, 1.82) is 0 Å². The number of hydrogen-bond donors (Lipinski definition) is 0. The van der Waals surface area contributed by atoms with Crippen LogP contribution in [0.1, 0.15) is 18.1 Å². The molecule has 0 fully saturated rings. The fraction of sp³-hybridized carbons (Fsp3) is 0.0909. The van der Waals surface area contributed by atoms with Gasteiger partial charge in [-0.25, -0.2) is 0 Å². The van der Waals surface area contributed by atoms with Gasteiger partial charge >= 0.3 is 0 Å². The summed E-state index contributed by atoms with van der Waals surface area (Å²) in [6.07, 6.45) is 5.61. The maximum atomic E-state index is 11.8. The molecule has 0 saturated heterocycles. The Kier molecular flexibility index (Phi) is 4.56. The van der Waals surface area contributed by atoms with Crippen LogP contribution < -0.4 is 4.90 Å². The number of hydrogen-bond acceptors (Lipinski definition) is 5. The van der Waals surface area contributed by atoms with Crippen molar-refractivity contribution in [3.63, 3.8) is 0 Å². The normalized spacial score (nSPS) is 14.2. The van der Waals surface area contributed by atoms with Gasteiger partial charge in [0, 0.05) is 23.3 Å². The minimum absolute atomic E-state index is 0.272. The lowest BCUT2D eigenvalue weighted by atomic mass is 9.98. The molecule has 0 radical (unpaired) electrons. The van der Waals surface area contributed by atoms with E-state index in [0.29, 0.717) is 22.9 Å². The minimum atomic E-state index is -0.582. The predicted octanol–water partition coefficient (Wildman–Crippen LogP) is 5.55. The average Bonchev–Trinajstić information content (AvgIpc) is 2.73. The molecule has 0 bridgehead atoms. The zero-order chi connectivity index (χ0) is 20.5. The molecule has 1 aliphatic heterocycles. The smallest absolute Gasteiger partial charge is 0.284 e. The minimum Gasteiger partial charge on any atom is -0.341 e. The SMILES string of the molecule is CCN1/C(=C/c2c([N+](=O)[O-])cc([N+](=O)[O-])c3ccccc23)C=Cc2ccccc21. The van der Waals surface area contributed by atoms with Crippen LogP contribution in [0.2, 0.25) is 0 Å². The monoisotopic (exact) mass is 387 g/mol. The first kappa shape index (κ1) is 18.4. The van der Waals surface area contributed by atoms with E-state index in [-0.39, 0.29) is 11.4 Å². The zero-order valence-corrected chi connectivity index (χ0v) is 15.6. The van der Waals surface area contributed by atoms with Crippen molar-refractivity contribution < 1.29 is 9.85 Å². The van der Waals surface area contributed by atoms with Gasteiger partial charge in [-0.15, -0.1) is 0 Å². The molecule has 1 aliphatic rings. The molecule has 0 spiro atoms. The number of nitro groups is 2. The third-order valence-electron chi connectivity index (χ3n) is 5.02. The lowest BCUT2D eigenvalue weighted by Crippen LogP contribution is -2.23. The summed E-state index contributed by atoms with van der Waals surface area (Å²) in [5.41, 5.74) is 2.66. The number of fused-ring (bicyclic) bond motifs is 2. The summed E-state index contributed by atoms with van der Waals surface area (Å²) in [6, 6.07) is 15.7. The van der Waals surface area contributed by atoms with Crippen LogP contribution in [-0.4, -0.2) is 16.4 Å². The van der Waals surface area contributed by atoms with E-state index in [4.69, 9.17) is 0 Å². The van der Waals surface area contributed by atoms with Crippen LogP contribution in [0.25, 0.3) is 22.9 Å². The van der Waals surface area contributed by atoms with Crippen molar-refractivity contribution in [2.45, 2.75) is 6.92 Å². The highest BCUT2D eigenvalue weighted by atomic mass is 16.6. The van der Waals surface area contributed by atoms with E-state index in [1.54, 1.807) is 30.3 Å². The highest BCUT2D eigenvalue weighted by molar-refractivity contribution is 6.01. The Balaban J connectivity index is 1.99. The first-order valence-corrected chi connectivity index (χ1v) is 9.12. The number of non-ortho nitro benzene ring substituents is 1. The number of para-hydroxylation sites is 1. The van der Waals surface area contributed by atoms with Gasteiger partial charge in [0.25, 0.3) is 11.4 Å². The molecule has 0 N–H and O–H groups in total. The average molecular weight is 387 g/mol. The zero-order valence-electron chi connectivity index (χ0n) is 15.6. The third kappa shape index (κ3) is 3.12. The number of allylic oxidation sites excluding steroid dienone is 1. The molecule has 3 aromatic rings. The molecular weight excluding hydrogens is 370 g/mol. The molecule has 0 atom stereocenters.